The molecular weight excluding hydrogens is 476 g/mol. The molecule has 4 unspecified atom stereocenters. The fraction of sp³-hybridized carbons (Fsp3) is 0.677. The summed E-state index contributed by atoms with van der Waals surface area (Å²) in [5, 5.41) is 34.4. The zero-order valence-electron chi connectivity index (χ0n) is 24.8. The van der Waals surface area contributed by atoms with Crippen molar-refractivity contribution in [3.8, 4) is 0 Å². The fourth-order valence-corrected chi connectivity index (χ4v) is 5.09. The summed E-state index contributed by atoms with van der Waals surface area (Å²) in [6.45, 7) is 14.2. The predicted octanol–water partition coefficient (Wildman–Crippen LogP) is 2.04. The van der Waals surface area contributed by atoms with Crippen molar-refractivity contribution in [1.82, 2.24) is 4.57 Å². The van der Waals surface area contributed by atoms with Gasteiger partial charge in [0, 0.05) is 31.6 Å². The van der Waals surface area contributed by atoms with Crippen molar-refractivity contribution in [3.05, 3.63) is 53.4 Å². The summed E-state index contributed by atoms with van der Waals surface area (Å²) in [6.07, 6.45) is 16.8. The number of aliphatic hydroxyl groups is 2. The predicted molar refractivity (Wildman–Crippen MR) is 154 cm³/mol. The molecule has 0 amide bonds. The number of hydrogen-bond acceptors (Lipinski definition) is 3. The van der Waals surface area contributed by atoms with Gasteiger partial charge < -0.3 is 31.4 Å². The molecule has 1 aromatic rings. The van der Waals surface area contributed by atoms with Crippen LogP contribution in [0.5, 0.6) is 0 Å². The number of allylic oxidation sites excluding steroid dienone is 4. The number of rotatable bonds is 21. The molecule has 0 aliphatic carbocycles. The van der Waals surface area contributed by atoms with Crippen LogP contribution in [-0.4, -0.2) is 40.1 Å². The van der Waals surface area contributed by atoms with Crippen LogP contribution in [0.2, 0.25) is 0 Å². The van der Waals surface area contributed by atoms with Gasteiger partial charge in [0.1, 0.15) is 0 Å². The van der Waals surface area contributed by atoms with Gasteiger partial charge in [-0.25, -0.2) is 0 Å². The van der Waals surface area contributed by atoms with Gasteiger partial charge in [-0.15, -0.1) is 6.58 Å². The van der Waals surface area contributed by atoms with E-state index in [1.54, 1.807) is 13.1 Å². The minimum absolute atomic E-state index is 0.192. The van der Waals surface area contributed by atoms with Crippen LogP contribution >= 0.6 is 0 Å². The van der Waals surface area contributed by atoms with Crippen LogP contribution in [0.15, 0.2) is 42.3 Å². The van der Waals surface area contributed by atoms with Crippen LogP contribution in [0.4, 0.5) is 0 Å². The highest BCUT2D eigenvalue weighted by atomic mass is 16.5. The van der Waals surface area contributed by atoms with Crippen LogP contribution in [0.25, 0.3) is 5.57 Å². The summed E-state index contributed by atoms with van der Waals surface area (Å²) in [5.41, 5.74) is 13.1. The maximum absolute atomic E-state index is 12.2. The Hall–Kier alpha value is -1.74. The topological polar surface area (TPSA) is 140 Å². The van der Waals surface area contributed by atoms with Crippen LogP contribution in [0.3, 0.4) is 0 Å². The molecule has 1 rings (SSSR count). The first kappa shape index (κ1) is 34.3. The summed E-state index contributed by atoms with van der Waals surface area (Å²) >= 11 is 0. The molecule has 38 heavy (non-hydrogen) atoms. The van der Waals surface area contributed by atoms with Crippen molar-refractivity contribution in [2.75, 3.05) is 13.1 Å². The number of nitrogens with two attached hydrogens (primary N) is 1. The van der Waals surface area contributed by atoms with E-state index in [9.17, 15) is 15.3 Å². The van der Waals surface area contributed by atoms with E-state index in [1.165, 1.54) is 43.3 Å². The Kier molecular flexibility index (Phi) is 17.5. The number of unbranched alkanes of at least 4 members (excludes halogenated alkanes) is 1. The number of aromatic nitrogens is 1. The molecule has 0 aliphatic heterocycles. The second-order valence-corrected chi connectivity index (χ2v) is 10.9. The summed E-state index contributed by atoms with van der Waals surface area (Å²) in [4.78, 5) is 0. The molecule has 7 nitrogen and oxygen atoms in total. The molecule has 218 valence electrons. The lowest BCUT2D eigenvalue weighted by Crippen LogP contribution is -3.05. The molecular formula is C31H58N4O3+2. The highest BCUT2D eigenvalue weighted by molar-refractivity contribution is 5.71. The van der Waals surface area contributed by atoms with Gasteiger partial charge >= 0.3 is 0 Å². The molecule has 1 heterocycles. The van der Waals surface area contributed by atoms with Gasteiger partial charge in [0.05, 0.1) is 12.6 Å². The second-order valence-electron chi connectivity index (χ2n) is 10.9. The lowest BCUT2D eigenvalue weighted by atomic mass is 9.91. The maximum Gasteiger partial charge on any atom is 0.258 e. The summed E-state index contributed by atoms with van der Waals surface area (Å²) < 4.78 is 1.83. The Labute approximate surface area is 231 Å². The van der Waals surface area contributed by atoms with Gasteiger partial charge in [-0.3, -0.25) is 5.32 Å². The zero-order valence-corrected chi connectivity index (χ0v) is 24.8. The molecule has 0 radical (unpaired) electrons. The Balaban J connectivity index is 3.08. The van der Waals surface area contributed by atoms with Crippen molar-refractivity contribution in [2.24, 2.45) is 5.92 Å². The van der Waals surface area contributed by atoms with E-state index < -0.39 is 12.4 Å². The van der Waals surface area contributed by atoms with Crippen molar-refractivity contribution in [3.63, 3.8) is 0 Å². The van der Waals surface area contributed by atoms with Crippen molar-refractivity contribution in [2.45, 2.75) is 117 Å². The van der Waals surface area contributed by atoms with E-state index in [4.69, 9.17) is 0 Å². The van der Waals surface area contributed by atoms with Crippen LogP contribution in [0, 0.1) is 5.92 Å². The normalized spacial score (nSPS) is 16.2. The Bertz CT molecular complexity index is 857. The average molecular weight is 535 g/mol. The molecule has 10 N–H and O–H groups in total. The number of aliphatic hydroxyl groups excluding tert-OH is 2. The lowest BCUT2D eigenvalue weighted by Gasteiger charge is -2.20. The van der Waals surface area contributed by atoms with E-state index in [2.05, 4.69) is 50.2 Å². The maximum atomic E-state index is 12.2. The molecule has 0 aromatic carbocycles. The number of hydrogen-bond donors (Lipinski definition) is 5. The van der Waals surface area contributed by atoms with Crippen molar-refractivity contribution in [1.29, 1.82) is 0 Å². The molecule has 0 fully saturated rings. The first-order valence-corrected chi connectivity index (χ1v) is 14.8. The minimum Gasteiger partial charge on any atom is -0.828 e. The lowest BCUT2D eigenvalue weighted by molar-refractivity contribution is -0.826. The summed E-state index contributed by atoms with van der Waals surface area (Å²) in [5.74, 6) is 0.805. The molecule has 0 saturated heterocycles. The third-order valence-electron chi connectivity index (χ3n) is 7.58. The quantitative estimate of drug-likeness (QED) is 0.0936. The number of nitrogens with zero attached hydrogens (tertiary/aromatic N) is 1. The van der Waals surface area contributed by atoms with E-state index in [-0.39, 0.29) is 6.17 Å². The fourth-order valence-electron chi connectivity index (χ4n) is 5.09. The van der Waals surface area contributed by atoms with Crippen molar-refractivity contribution < 1.29 is 32.1 Å². The van der Waals surface area contributed by atoms with Crippen LogP contribution in [-0.2, 0) is 6.54 Å². The monoisotopic (exact) mass is 534 g/mol. The van der Waals surface area contributed by atoms with Crippen molar-refractivity contribution >= 4 is 5.57 Å². The van der Waals surface area contributed by atoms with E-state index in [0.29, 0.717) is 12.1 Å². The summed E-state index contributed by atoms with van der Waals surface area (Å²) in [7, 11) is 0. The molecule has 4 atom stereocenters. The van der Waals surface area contributed by atoms with Gasteiger partial charge in [0.15, 0.2) is 6.54 Å². The SMILES string of the molecule is C=CCCC(CC)CCCC/C(C)=C/C/C(CC)=C(/CC[NH2+]C([NH3+])C[NH3+])c1cn(CC(C)O)cc1C([O-])O. The second kappa shape index (κ2) is 19.3. The average Bonchev–Trinajstić information content (AvgIpc) is 3.30. The summed E-state index contributed by atoms with van der Waals surface area (Å²) in [6, 6.07) is 0. The van der Waals surface area contributed by atoms with Gasteiger partial charge in [0.25, 0.3) is 6.17 Å². The van der Waals surface area contributed by atoms with E-state index >= 15 is 0 Å². The first-order valence-electron chi connectivity index (χ1n) is 14.8. The Morgan fingerprint density at radius 3 is 2.50 bits per heavy atom. The van der Waals surface area contributed by atoms with E-state index in [1.807, 2.05) is 16.8 Å². The van der Waals surface area contributed by atoms with Gasteiger partial charge in [-0.1, -0.05) is 56.4 Å². The zero-order chi connectivity index (χ0) is 28.5. The highest BCUT2D eigenvalue weighted by Crippen LogP contribution is 2.32. The molecule has 0 spiro atoms. The smallest absolute Gasteiger partial charge is 0.258 e. The van der Waals surface area contributed by atoms with E-state index in [0.717, 1.165) is 62.2 Å². The highest BCUT2D eigenvalue weighted by Gasteiger charge is 2.18. The molecule has 1 aromatic heterocycles. The Morgan fingerprint density at radius 2 is 1.92 bits per heavy atom. The third kappa shape index (κ3) is 12.9. The van der Waals surface area contributed by atoms with Crippen LogP contribution in [0.1, 0.15) is 109 Å². The van der Waals surface area contributed by atoms with Gasteiger partial charge in [-0.05, 0) is 75.0 Å². The molecule has 0 aliphatic rings. The molecule has 7 heteroatoms. The first-order chi connectivity index (χ1) is 18.2. The minimum atomic E-state index is -1.81. The van der Waals surface area contributed by atoms with Gasteiger partial charge in [0.2, 0.25) is 0 Å². The largest absolute Gasteiger partial charge is 0.828 e. The third-order valence-corrected chi connectivity index (χ3v) is 7.58. The van der Waals surface area contributed by atoms with Gasteiger partial charge in [-0.2, -0.15) is 0 Å². The van der Waals surface area contributed by atoms with Crippen LogP contribution < -0.4 is 21.9 Å². The standard InChI is InChI=1S/C31H55N4O3/c1-6-9-13-25(7-2)14-11-10-12-23(4)15-16-26(8-3)27(17-18-34-30(33)19-32)28-21-35(20-24(5)36)22-29(28)31(37)38/h6,15,21-22,24-25,30-31,34,36-37H,1,7-14,16-20,32-33H2,2-5H3/q-1/p+3/b23-15+,27-26-. The number of quaternary nitrogens is 3. The Morgan fingerprint density at radius 1 is 1.18 bits per heavy atom. The molecule has 0 saturated carbocycles. The molecule has 0 bridgehead atoms.